The van der Waals surface area contributed by atoms with Crippen LogP contribution in [0.1, 0.15) is 26.2 Å². The molecule has 0 amide bonds. The smallest absolute Gasteiger partial charge is 0.194 e. The molecule has 3 rings (SSSR count). The zero-order valence-corrected chi connectivity index (χ0v) is 17.9. The largest absolute Gasteiger partial charge is 0.497 e. The number of rotatable bonds is 6. The number of ether oxygens (including phenoxy) is 1. The van der Waals surface area contributed by atoms with Crippen LogP contribution in [0.15, 0.2) is 29.3 Å². The number of nitrogens with zero attached hydrogens (tertiary/aromatic N) is 4. The minimum absolute atomic E-state index is 0.840. The van der Waals surface area contributed by atoms with Crippen molar-refractivity contribution in [2.24, 2.45) is 10.9 Å². The van der Waals surface area contributed by atoms with Crippen molar-refractivity contribution in [3.63, 3.8) is 0 Å². The van der Waals surface area contributed by atoms with E-state index in [9.17, 15) is 0 Å². The summed E-state index contributed by atoms with van der Waals surface area (Å²) in [6.07, 6.45) is 3.86. The molecule has 0 radical (unpaired) electrons. The second kappa shape index (κ2) is 10.6. The number of guanidine groups is 1. The fraction of sp³-hybridized carbons (Fsp3) is 0.682. The Bertz CT molecular complexity index is 619. The van der Waals surface area contributed by atoms with Gasteiger partial charge in [-0.25, -0.2) is 0 Å². The van der Waals surface area contributed by atoms with Crippen molar-refractivity contribution in [3.8, 4) is 5.75 Å². The molecule has 156 valence electrons. The Balaban J connectivity index is 1.50. The molecule has 6 nitrogen and oxygen atoms in total. The van der Waals surface area contributed by atoms with Gasteiger partial charge >= 0.3 is 0 Å². The highest BCUT2D eigenvalue weighted by Gasteiger charge is 2.21. The first-order valence-electron chi connectivity index (χ1n) is 10.8. The Morgan fingerprint density at radius 3 is 2.57 bits per heavy atom. The minimum atomic E-state index is 0.840. The Hall–Kier alpha value is -1.95. The van der Waals surface area contributed by atoms with E-state index >= 15 is 0 Å². The fourth-order valence-corrected chi connectivity index (χ4v) is 4.11. The molecule has 0 atom stereocenters. The van der Waals surface area contributed by atoms with E-state index < -0.39 is 0 Å². The summed E-state index contributed by atoms with van der Waals surface area (Å²) < 4.78 is 5.37. The molecule has 0 spiro atoms. The van der Waals surface area contributed by atoms with Crippen molar-refractivity contribution in [2.45, 2.75) is 26.2 Å². The lowest BCUT2D eigenvalue weighted by molar-refractivity contribution is 0.214. The number of methoxy groups -OCH3 is 1. The van der Waals surface area contributed by atoms with Crippen LogP contribution >= 0.6 is 0 Å². The van der Waals surface area contributed by atoms with Gasteiger partial charge < -0.3 is 24.8 Å². The molecule has 2 aliphatic heterocycles. The Morgan fingerprint density at radius 1 is 1.14 bits per heavy atom. The first-order valence-corrected chi connectivity index (χ1v) is 10.8. The van der Waals surface area contributed by atoms with Crippen LogP contribution in [0.3, 0.4) is 0 Å². The molecule has 0 aromatic heterocycles. The fourth-order valence-electron chi connectivity index (χ4n) is 4.11. The van der Waals surface area contributed by atoms with E-state index in [1.165, 1.54) is 38.0 Å². The van der Waals surface area contributed by atoms with Gasteiger partial charge in [-0.3, -0.25) is 4.99 Å². The summed E-state index contributed by atoms with van der Waals surface area (Å²) in [7, 11) is 3.95. The SMILES string of the molecule is CCNC(=NCCC1CCN(C)CC1)N1CCN(c2cccc(OC)c2)CC1. The minimum Gasteiger partial charge on any atom is -0.497 e. The summed E-state index contributed by atoms with van der Waals surface area (Å²) in [5.74, 6) is 2.84. The molecule has 2 fully saturated rings. The zero-order valence-electron chi connectivity index (χ0n) is 17.9. The quantitative estimate of drug-likeness (QED) is 0.600. The van der Waals surface area contributed by atoms with Crippen LogP contribution in [0.25, 0.3) is 0 Å². The number of hydrogen-bond donors (Lipinski definition) is 1. The van der Waals surface area contributed by atoms with Crippen LogP contribution in [0.2, 0.25) is 0 Å². The first-order chi connectivity index (χ1) is 13.7. The summed E-state index contributed by atoms with van der Waals surface area (Å²) in [6, 6.07) is 8.35. The highest BCUT2D eigenvalue weighted by Crippen LogP contribution is 2.22. The van der Waals surface area contributed by atoms with Crippen molar-refractivity contribution < 1.29 is 4.74 Å². The van der Waals surface area contributed by atoms with Gasteiger partial charge in [0, 0.05) is 51.0 Å². The van der Waals surface area contributed by atoms with Gasteiger partial charge in [-0.15, -0.1) is 0 Å². The van der Waals surface area contributed by atoms with Crippen LogP contribution in [-0.4, -0.2) is 82.3 Å². The molecule has 2 aliphatic rings. The first kappa shape index (κ1) is 20.8. The van der Waals surface area contributed by atoms with Crippen molar-refractivity contribution in [3.05, 3.63) is 24.3 Å². The highest BCUT2D eigenvalue weighted by molar-refractivity contribution is 5.80. The van der Waals surface area contributed by atoms with Gasteiger partial charge in [-0.2, -0.15) is 0 Å². The number of benzene rings is 1. The summed E-state index contributed by atoms with van der Waals surface area (Å²) in [5.41, 5.74) is 1.24. The van der Waals surface area contributed by atoms with Crippen molar-refractivity contribution in [2.75, 3.05) is 71.4 Å². The van der Waals surface area contributed by atoms with Crippen LogP contribution in [0.4, 0.5) is 5.69 Å². The molecule has 2 heterocycles. The summed E-state index contributed by atoms with van der Waals surface area (Å²) >= 11 is 0. The van der Waals surface area contributed by atoms with Gasteiger partial charge in [-0.05, 0) is 64.4 Å². The average molecular weight is 388 g/mol. The van der Waals surface area contributed by atoms with Crippen molar-refractivity contribution >= 4 is 11.6 Å². The number of piperazine rings is 1. The summed E-state index contributed by atoms with van der Waals surface area (Å²) in [5, 5.41) is 3.50. The number of aliphatic imine (C=N–C) groups is 1. The molecule has 0 bridgehead atoms. The lowest BCUT2D eigenvalue weighted by Gasteiger charge is -2.38. The maximum atomic E-state index is 5.37. The van der Waals surface area contributed by atoms with E-state index in [4.69, 9.17) is 9.73 Å². The predicted molar refractivity (Wildman–Crippen MR) is 118 cm³/mol. The van der Waals surface area contributed by atoms with Crippen LogP contribution < -0.4 is 15.0 Å². The van der Waals surface area contributed by atoms with E-state index in [0.29, 0.717) is 0 Å². The Morgan fingerprint density at radius 2 is 1.89 bits per heavy atom. The number of likely N-dealkylation sites (tertiary alicyclic amines) is 1. The number of anilines is 1. The summed E-state index contributed by atoms with van der Waals surface area (Å²) in [6.45, 7) is 10.5. The average Bonchev–Trinajstić information content (AvgIpc) is 2.75. The molecule has 1 aromatic carbocycles. The normalized spacial score (nSPS) is 19.8. The maximum Gasteiger partial charge on any atom is 0.194 e. The van der Waals surface area contributed by atoms with E-state index in [0.717, 1.165) is 56.9 Å². The monoisotopic (exact) mass is 387 g/mol. The molecule has 28 heavy (non-hydrogen) atoms. The van der Waals surface area contributed by atoms with Gasteiger partial charge in [0.05, 0.1) is 7.11 Å². The van der Waals surface area contributed by atoms with E-state index in [1.807, 2.05) is 6.07 Å². The lowest BCUT2D eigenvalue weighted by atomic mass is 9.94. The molecule has 0 unspecified atom stereocenters. The number of piperidine rings is 1. The Labute approximate surface area is 170 Å². The third-order valence-electron chi connectivity index (χ3n) is 5.97. The van der Waals surface area contributed by atoms with Crippen molar-refractivity contribution in [1.29, 1.82) is 0 Å². The van der Waals surface area contributed by atoms with E-state index in [2.05, 4.69) is 52.2 Å². The number of nitrogens with one attached hydrogen (secondary N) is 1. The molecule has 6 heteroatoms. The van der Waals surface area contributed by atoms with Gasteiger partial charge in [0.2, 0.25) is 0 Å². The zero-order chi connectivity index (χ0) is 19.8. The molecule has 1 N–H and O–H groups in total. The van der Waals surface area contributed by atoms with Crippen LogP contribution in [-0.2, 0) is 0 Å². The van der Waals surface area contributed by atoms with Gasteiger partial charge in [0.25, 0.3) is 0 Å². The number of hydrogen-bond acceptors (Lipinski definition) is 4. The molecule has 2 saturated heterocycles. The predicted octanol–water partition coefficient (Wildman–Crippen LogP) is 2.51. The van der Waals surface area contributed by atoms with E-state index in [1.54, 1.807) is 7.11 Å². The van der Waals surface area contributed by atoms with E-state index in [-0.39, 0.29) is 0 Å². The molecule has 0 aliphatic carbocycles. The maximum absolute atomic E-state index is 5.37. The third kappa shape index (κ3) is 5.77. The van der Waals surface area contributed by atoms with Gasteiger partial charge in [0.15, 0.2) is 5.96 Å². The second-order valence-corrected chi connectivity index (χ2v) is 7.95. The molecule has 1 aromatic rings. The van der Waals surface area contributed by atoms with Crippen LogP contribution in [0, 0.1) is 5.92 Å². The topological polar surface area (TPSA) is 43.3 Å². The molecular formula is C22H37N5O. The highest BCUT2D eigenvalue weighted by atomic mass is 16.5. The third-order valence-corrected chi connectivity index (χ3v) is 5.97. The van der Waals surface area contributed by atoms with Gasteiger partial charge in [-0.1, -0.05) is 6.07 Å². The summed E-state index contributed by atoms with van der Waals surface area (Å²) in [4.78, 5) is 12.2. The molecule has 0 saturated carbocycles. The van der Waals surface area contributed by atoms with Gasteiger partial charge in [0.1, 0.15) is 5.75 Å². The lowest BCUT2D eigenvalue weighted by Crippen LogP contribution is -2.52. The Kier molecular flexibility index (Phi) is 7.83. The molecular weight excluding hydrogens is 350 g/mol. The second-order valence-electron chi connectivity index (χ2n) is 7.95. The van der Waals surface area contributed by atoms with Crippen LogP contribution in [0.5, 0.6) is 5.75 Å². The van der Waals surface area contributed by atoms with Crippen molar-refractivity contribution in [1.82, 2.24) is 15.1 Å². The standard InChI is InChI=1S/C22H37N5O/c1-4-23-22(24-11-8-19-9-12-25(2)13-10-19)27-16-14-26(15-17-27)20-6-5-7-21(18-20)28-3/h5-7,18-19H,4,8-17H2,1-3H3,(H,23,24).